The van der Waals surface area contributed by atoms with E-state index in [0.717, 1.165) is 24.5 Å². The van der Waals surface area contributed by atoms with Gasteiger partial charge in [0.2, 0.25) is 0 Å². The Kier molecular flexibility index (Phi) is 4.85. The largest absolute Gasteiger partial charge is 0.299 e. The topological polar surface area (TPSA) is 21.1 Å². The summed E-state index contributed by atoms with van der Waals surface area (Å²) in [6, 6.07) is 2.81. The molecule has 1 fully saturated rings. The summed E-state index contributed by atoms with van der Waals surface area (Å²) in [4.78, 5) is 2.63. The number of halogens is 1. The van der Waals surface area contributed by atoms with Crippen molar-refractivity contribution in [2.24, 2.45) is 0 Å². The second kappa shape index (κ2) is 6.40. The highest BCUT2D eigenvalue weighted by molar-refractivity contribution is 9.09. The molecule has 16 heavy (non-hydrogen) atoms. The van der Waals surface area contributed by atoms with Gasteiger partial charge in [-0.15, -0.1) is 0 Å². The standard InChI is InChI=1S/C12H20BrN3/c13-6-1-4-12-5-2-8-15(12)10-11-16-9-3-7-14-16/h3,7,9,12H,1-2,4-6,8,10-11H2. The van der Waals surface area contributed by atoms with Gasteiger partial charge < -0.3 is 0 Å². The van der Waals surface area contributed by atoms with Crippen LogP contribution >= 0.6 is 15.9 Å². The highest BCUT2D eigenvalue weighted by Gasteiger charge is 2.23. The van der Waals surface area contributed by atoms with Gasteiger partial charge in [-0.3, -0.25) is 9.58 Å². The van der Waals surface area contributed by atoms with Crippen LogP contribution in [0.1, 0.15) is 25.7 Å². The number of hydrogen-bond donors (Lipinski definition) is 0. The highest BCUT2D eigenvalue weighted by Crippen LogP contribution is 2.21. The Balaban J connectivity index is 1.75. The van der Waals surface area contributed by atoms with E-state index < -0.39 is 0 Å². The van der Waals surface area contributed by atoms with Crippen LogP contribution in [0.25, 0.3) is 0 Å². The van der Waals surface area contributed by atoms with E-state index in [1.165, 1.54) is 32.2 Å². The van der Waals surface area contributed by atoms with Crippen LogP contribution in [0, 0.1) is 0 Å². The molecule has 1 aromatic heterocycles. The number of nitrogens with zero attached hydrogens (tertiary/aromatic N) is 3. The fourth-order valence-electron chi connectivity index (χ4n) is 2.49. The van der Waals surface area contributed by atoms with Gasteiger partial charge in [-0.2, -0.15) is 5.10 Å². The number of likely N-dealkylation sites (tertiary alicyclic amines) is 1. The molecule has 1 unspecified atom stereocenters. The maximum atomic E-state index is 4.25. The molecule has 1 aromatic rings. The molecule has 0 aliphatic carbocycles. The van der Waals surface area contributed by atoms with E-state index in [0.29, 0.717) is 0 Å². The van der Waals surface area contributed by atoms with Gasteiger partial charge in [0.1, 0.15) is 0 Å². The third kappa shape index (κ3) is 3.32. The molecule has 2 rings (SSSR count). The highest BCUT2D eigenvalue weighted by atomic mass is 79.9. The van der Waals surface area contributed by atoms with Crippen molar-refractivity contribution in [2.45, 2.75) is 38.3 Å². The maximum Gasteiger partial charge on any atom is 0.0536 e. The van der Waals surface area contributed by atoms with Crippen LogP contribution in [0.15, 0.2) is 18.5 Å². The van der Waals surface area contributed by atoms with Crippen LogP contribution in [-0.2, 0) is 6.54 Å². The Morgan fingerprint density at radius 2 is 2.31 bits per heavy atom. The van der Waals surface area contributed by atoms with E-state index >= 15 is 0 Å². The van der Waals surface area contributed by atoms with Gasteiger partial charge >= 0.3 is 0 Å². The molecule has 0 N–H and O–H groups in total. The number of hydrogen-bond acceptors (Lipinski definition) is 2. The molecule has 4 heteroatoms. The van der Waals surface area contributed by atoms with Crippen molar-refractivity contribution in [1.29, 1.82) is 0 Å². The summed E-state index contributed by atoms with van der Waals surface area (Å²) in [6.07, 6.45) is 9.28. The first-order valence-corrected chi connectivity index (χ1v) is 7.30. The Hall–Kier alpha value is -0.350. The molecule has 0 aromatic carbocycles. The van der Waals surface area contributed by atoms with Crippen molar-refractivity contribution in [3.05, 3.63) is 18.5 Å². The zero-order valence-electron chi connectivity index (χ0n) is 9.69. The zero-order valence-corrected chi connectivity index (χ0v) is 11.3. The summed E-state index contributed by atoms with van der Waals surface area (Å²) in [5, 5.41) is 5.38. The fraction of sp³-hybridized carbons (Fsp3) is 0.750. The van der Waals surface area contributed by atoms with Gasteiger partial charge in [-0.1, -0.05) is 15.9 Å². The third-order valence-corrected chi connectivity index (χ3v) is 3.91. The molecule has 1 atom stereocenters. The summed E-state index contributed by atoms with van der Waals surface area (Å²) >= 11 is 3.51. The first-order chi connectivity index (χ1) is 7.90. The zero-order chi connectivity index (χ0) is 11.2. The Morgan fingerprint density at radius 3 is 3.06 bits per heavy atom. The molecular formula is C12H20BrN3. The predicted molar refractivity (Wildman–Crippen MR) is 69.9 cm³/mol. The van der Waals surface area contributed by atoms with Crippen LogP contribution in [0.5, 0.6) is 0 Å². The van der Waals surface area contributed by atoms with Crippen molar-refractivity contribution in [2.75, 3.05) is 18.4 Å². The normalized spacial score (nSPS) is 21.7. The van der Waals surface area contributed by atoms with E-state index in [2.05, 4.69) is 25.9 Å². The fourth-order valence-corrected chi connectivity index (χ4v) is 2.82. The van der Waals surface area contributed by atoms with Crippen molar-refractivity contribution in [3.8, 4) is 0 Å². The summed E-state index contributed by atoms with van der Waals surface area (Å²) in [6.45, 7) is 3.45. The lowest BCUT2D eigenvalue weighted by Gasteiger charge is -2.24. The lowest BCUT2D eigenvalue weighted by molar-refractivity contribution is 0.230. The van der Waals surface area contributed by atoms with E-state index in [1.807, 2.05) is 23.1 Å². The molecule has 0 radical (unpaired) electrons. The molecule has 3 nitrogen and oxygen atoms in total. The number of aromatic nitrogens is 2. The van der Waals surface area contributed by atoms with Crippen molar-refractivity contribution < 1.29 is 0 Å². The SMILES string of the molecule is BrCCCC1CCCN1CCn1cccn1. The van der Waals surface area contributed by atoms with E-state index in [1.54, 1.807) is 0 Å². The molecular weight excluding hydrogens is 266 g/mol. The lowest BCUT2D eigenvalue weighted by Crippen LogP contribution is -2.32. The van der Waals surface area contributed by atoms with Crippen molar-refractivity contribution >= 4 is 15.9 Å². The van der Waals surface area contributed by atoms with Crippen molar-refractivity contribution in [1.82, 2.24) is 14.7 Å². The third-order valence-electron chi connectivity index (χ3n) is 3.35. The van der Waals surface area contributed by atoms with Crippen LogP contribution < -0.4 is 0 Å². The Bertz CT molecular complexity index is 286. The van der Waals surface area contributed by atoms with Gasteiger partial charge in [0, 0.05) is 30.3 Å². The molecule has 1 saturated heterocycles. The maximum absolute atomic E-state index is 4.25. The number of alkyl halides is 1. The monoisotopic (exact) mass is 285 g/mol. The first-order valence-electron chi connectivity index (χ1n) is 6.17. The van der Waals surface area contributed by atoms with E-state index in [-0.39, 0.29) is 0 Å². The van der Waals surface area contributed by atoms with Crippen LogP contribution in [0.2, 0.25) is 0 Å². The Morgan fingerprint density at radius 1 is 1.38 bits per heavy atom. The summed E-state index contributed by atoms with van der Waals surface area (Å²) < 4.78 is 2.03. The first kappa shape index (κ1) is 12.1. The molecule has 0 bridgehead atoms. The minimum Gasteiger partial charge on any atom is -0.299 e. The van der Waals surface area contributed by atoms with Crippen LogP contribution in [0.3, 0.4) is 0 Å². The molecule has 0 spiro atoms. The van der Waals surface area contributed by atoms with Crippen molar-refractivity contribution in [3.63, 3.8) is 0 Å². The summed E-state index contributed by atoms with van der Waals surface area (Å²) in [5.74, 6) is 0. The number of rotatable bonds is 6. The molecule has 1 aliphatic rings. The minimum atomic E-state index is 0.813. The quantitative estimate of drug-likeness (QED) is 0.749. The van der Waals surface area contributed by atoms with Crippen LogP contribution in [-0.4, -0.2) is 39.1 Å². The molecule has 0 saturated carbocycles. The molecule has 2 heterocycles. The van der Waals surface area contributed by atoms with Gasteiger partial charge in [0.25, 0.3) is 0 Å². The van der Waals surface area contributed by atoms with Gasteiger partial charge in [0.15, 0.2) is 0 Å². The van der Waals surface area contributed by atoms with Gasteiger partial charge in [-0.05, 0) is 38.3 Å². The molecule has 90 valence electrons. The Labute approximate surface area is 106 Å². The average molecular weight is 286 g/mol. The van der Waals surface area contributed by atoms with E-state index in [9.17, 15) is 0 Å². The van der Waals surface area contributed by atoms with Gasteiger partial charge in [-0.25, -0.2) is 0 Å². The lowest BCUT2D eigenvalue weighted by atomic mass is 10.1. The second-order valence-electron chi connectivity index (χ2n) is 4.43. The summed E-state index contributed by atoms with van der Waals surface area (Å²) in [7, 11) is 0. The smallest absolute Gasteiger partial charge is 0.0536 e. The molecule has 1 aliphatic heterocycles. The van der Waals surface area contributed by atoms with Gasteiger partial charge in [0.05, 0.1) is 6.54 Å². The second-order valence-corrected chi connectivity index (χ2v) is 5.23. The predicted octanol–water partition coefficient (Wildman–Crippen LogP) is 2.52. The van der Waals surface area contributed by atoms with E-state index in [4.69, 9.17) is 0 Å². The molecule has 0 amide bonds. The average Bonchev–Trinajstić information content (AvgIpc) is 2.94. The summed E-state index contributed by atoms with van der Waals surface area (Å²) in [5.41, 5.74) is 0. The van der Waals surface area contributed by atoms with Crippen LogP contribution in [0.4, 0.5) is 0 Å². The minimum absolute atomic E-state index is 0.813.